The van der Waals surface area contributed by atoms with Crippen molar-refractivity contribution in [1.29, 1.82) is 0 Å². The Bertz CT molecular complexity index is 579. The summed E-state index contributed by atoms with van der Waals surface area (Å²) >= 11 is 0. The van der Waals surface area contributed by atoms with E-state index in [1.54, 1.807) is 0 Å². The Morgan fingerprint density at radius 3 is 1.64 bits per heavy atom. The molecule has 2 saturated heterocycles. The molecule has 0 radical (unpaired) electrons. The predicted molar refractivity (Wildman–Crippen MR) is 95.3 cm³/mol. The molecule has 4 nitrogen and oxygen atoms in total. The largest absolute Gasteiger partial charge is 1.00 e. The summed E-state index contributed by atoms with van der Waals surface area (Å²) in [5.74, 6) is 0. The minimum Gasteiger partial charge on any atom is -0.293 e. The summed E-state index contributed by atoms with van der Waals surface area (Å²) in [4.78, 5) is 14.4. The molecular weight excluding hydrogens is 360 g/mol. The van der Waals surface area contributed by atoms with Crippen LogP contribution in [0.2, 0.25) is 0 Å². The molecule has 2 aromatic heterocycles. The fourth-order valence-corrected chi connectivity index (χ4v) is 4.37. The second kappa shape index (κ2) is 8.90. The number of pyridine rings is 2. The molecular formula is C20H26CuN4+. The van der Waals surface area contributed by atoms with Gasteiger partial charge in [-0.25, -0.2) is 0 Å². The Labute approximate surface area is 161 Å². The van der Waals surface area contributed by atoms with Gasteiger partial charge in [-0.2, -0.15) is 0 Å². The van der Waals surface area contributed by atoms with Crippen molar-refractivity contribution < 1.29 is 17.1 Å². The van der Waals surface area contributed by atoms with Gasteiger partial charge in [-0.1, -0.05) is 12.1 Å². The Hall–Kier alpha value is -1.26. The van der Waals surface area contributed by atoms with Gasteiger partial charge in [-0.3, -0.25) is 19.8 Å². The van der Waals surface area contributed by atoms with E-state index in [0.29, 0.717) is 12.1 Å². The molecule has 0 N–H and O–H groups in total. The summed E-state index contributed by atoms with van der Waals surface area (Å²) in [6.07, 6.45) is 9.07. The standard InChI is InChI=1S/C20H26N4.Cu/c1-3-11-21-17(7-1)15-23-13-5-9-19(23)20-10-6-14-24(20)16-18-8-2-4-12-22-18;/h1-4,7-8,11-12,19-20H,5-6,9-10,13-16H2;/q;+1. The third kappa shape index (κ3) is 4.48. The number of nitrogens with zero attached hydrogens (tertiary/aromatic N) is 4. The SMILES string of the molecule is [Cu+].c1ccc(CN2CCCC2C2CCCN2Cc2ccccn2)nc1. The third-order valence-electron chi connectivity index (χ3n) is 5.46. The van der Waals surface area contributed by atoms with Crippen LogP contribution < -0.4 is 0 Å². The van der Waals surface area contributed by atoms with Gasteiger partial charge >= 0.3 is 17.1 Å². The number of aromatic nitrogens is 2. The molecule has 0 bridgehead atoms. The summed E-state index contributed by atoms with van der Waals surface area (Å²) in [6.45, 7) is 4.38. The fourth-order valence-electron chi connectivity index (χ4n) is 4.37. The summed E-state index contributed by atoms with van der Waals surface area (Å²) in [7, 11) is 0. The summed E-state index contributed by atoms with van der Waals surface area (Å²) in [5, 5.41) is 0. The van der Waals surface area contributed by atoms with E-state index < -0.39 is 0 Å². The maximum absolute atomic E-state index is 4.52. The molecule has 5 heteroatoms. The molecule has 0 aromatic carbocycles. The van der Waals surface area contributed by atoms with Gasteiger partial charge < -0.3 is 0 Å². The maximum atomic E-state index is 4.52. The average molecular weight is 386 g/mol. The van der Waals surface area contributed by atoms with E-state index in [-0.39, 0.29) is 17.1 Å². The summed E-state index contributed by atoms with van der Waals surface area (Å²) < 4.78 is 0. The summed E-state index contributed by atoms with van der Waals surface area (Å²) in [5.41, 5.74) is 2.39. The van der Waals surface area contributed by atoms with Gasteiger partial charge in [0.15, 0.2) is 0 Å². The Kier molecular flexibility index (Phi) is 6.60. The normalized spacial score (nSPS) is 24.3. The zero-order valence-corrected chi connectivity index (χ0v) is 15.5. The van der Waals surface area contributed by atoms with Gasteiger partial charge in [0.25, 0.3) is 0 Å². The van der Waals surface area contributed by atoms with Crippen LogP contribution >= 0.6 is 0 Å². The number of hydrogen-bond acceptors (Lipinski definition) is 4. The van der Waals surface area contributed by atoms with E-state index in [2.05, 4.69) is 44.0 Å². The van der Waals surface area contributed by atoms with Crippen molar-refractivity contribution in [2.75, 3.05) is 13.1 Å². The van der Waals surface area contributed by atoms with Gasteiger partial charge in [0.05, 0.1) is 11.4 Å². The first-order chi connectivity index (χ1) is 11.9. The van der Waals surface area contributed by atoms with Gasteiger partial charge in [0, 0.05) is 37.6 Å². The van der Waals surface area contributed by atoms with Crippen molar-refractivity contribution in [3.8, 4) is 0 Å². The van der Waals surface area contributed by atoms with E-state index in [1.807, 2.05) is 24.5 Å². The first-order valence-corrected chi connectivity index (χ1v) is 9.18. The first-order valence-electron chi connectivity index (χ1n) is 9.18. The van der Waals surface area contributed by atoms with Crippen molar-refractivity contribution in [2.24, 2.45) is 0 Å². The van der Waals surface area contributed by atoms with Gasteiger partial charge in [0.2, 0.25) is 0 Å². The Morgan fingerprint density at radius 1 is 0.760 bits per heavy atom. The zero-order chi connectivity index (χ0) is 16.2. The van der Waals surface area contributed by atoms with Crippen LogP contribution in [-0.4, -0.2) is 44.9 Å². The Balaban J connectivity index is 0.00000182. The second-order valence-electron chi connectivity index (χ2n) is 7.00. The molecule has 2 aliphatic heterocycles. The third-order valence-corrected chi connectivity index (χ3v) is 5.46. The van der Waals surface area contributed by atoms with Crippen LogP contribution in [0.1, 0.15) is 37.1 Å². The molecule has 2 aliphatic rings. The predicted octanol–water partition coefficient (Wildman–Crippen LogP) is 3.10. The zero-order valence-electron chi connectivity index (χ0n) is 14.5. The first kappa shape index (κ1) is 18.5. The number of rotatable bonds is 5. The molecule has 0 saturated carbocycles. The molecule has 4 rings (SSSR count). The van der Waals surface area contributed by atoms with E-state index in [0.717, 1.165) is 13.1 Å². The maximum Gasteiger partial charge on any atom is 1.00 e. The topological polar surface area (TPSA) is 32.3 Å². The number of hydrogen-bond donors (Lipinski definition) is 0. The van der Waals surface area contributed by atoms with Crippen LogP contribution in [0, 0.1) is 0 Å². The van der Waals surface area contributed by atoms with Crippen LogP contribution in [-0.2, 0) is 30.2 Å². The molecule has 136 valence electrons. The van der Waals surface area contributed by atoms with Crippen molar-refractivity contribution in [1.82, 2.24) is 19.8 Å². The molecule has 2 unspecified atom stereocenters. The molecule has 0 aliphatic carbocycles. The fraction of sp³-hybridized carbons (Fsp3) is 0.500. The molecule has 0 amide bonds. The van der Waals surface area contributed by atoms with Crippen molar-refractivity contribution >= 4 is 0 Å². The van der Waals surface area contributed by atoms with E-state index >= 15 is 0 Å². The van der Waals surface area contributed by atoms with Crippen molar-refractivity contribution in [2.45, 2.75) is 50.9 Å². The smallest absolute Gasteiger partial charge is 0.293 e. The van der Waals surface area contributed by atoms with Crippen molar-refractivity contribution in [3.63, 3.8) is 0 Å². The summed E-state index contributed by atoms with van der Waals surface area (Å²) in [6, 6.07) is 13.8. The van der Waals surface area contributed by atoms with Gasteiger partial charge in [-0.15, -0.1) is 0 Å². The van der Waals surface area contributed by atoms with Gasteiger partial charge in [0.1, 0.15) is 0 Å². The average Bonchev–Trinajstić information content (AvgIpc) is 3.26. The molecule has 0 spiro atoms. The molecule has 2 aromatic rings. The van der Waals surface area contributed by atoms with E-state index in [9.17, 15) is 0 Å². The molecule has 2 fully saturated rings. The number of likely N-dealkylation sites (tertiary alicyclic amines) is 2. The molecule has 2 atom stereocenters. The molecule has 25 heavy (non-hydrogen) atoms. The van der Waals surface area contributed by atoms with E-state index in [4.69, 9.17) is 0 Å². The second-order valence-corrected chi connectivity index (χ2v) is 7.00. The minimum atomic E-state index is 0. The van der Waals surface area contributed by atoms with Crippen molar-refractivity contribution in [3.05, 3.63) is 60.2 Å². The quantitative estimate of drug-likeness (QED) is 0.740. The van der Waals surface area contributed by atoms with Crippen LogP contribution in [0.15, 0.2) is 48.8 Å². The molecule has 4 heterocycles. The van der Waals surface area contributed by atoms with Crippen LogP contribution in [0.4, 0.5) is 0 Å². The van der Waals surface area contributed by atoms with Crippen LogP contribution in [0.25, 0.3) is 0 Å². The Morgan fingerprint density at radius 2 is 1.24 bits per heavy atom. The van der Waals surface area contributed by atoms with Gasteiger partial charge in [-0.05, 0) is 63.0 Å². The monoisotopic (exact) mass is 385 g/mol. The van der Waals surface area contributed by atoms with E-state index in [1.165, 1.54) is 50.2 Å². The minimum absolute atomic E-state index is 0. The van der Waals surface area contributed by atoms with Crippen LogP contribution in [0.5, 0.6) is 0 Å². The van der Waals surface area contributed by atoms with Crippen LogP contribution in [0.3, 0.4) is 0 Å².